The number of allylic oxidation sites excluding steroid dienone is 1. The minimum atomic E-state index is -0.522. The monoisotopic (exact) mass is 234 g/mol. The van der Waals surface area contributed by atoms with Crippen LogP contribution in [0.3, 0.4) is 0 Å². The zero-order valence-corrected chi connectivity index (χ0v) is 8.70. The number of carbonyl (C=O) groups excluding carboxylic acids is 1. The number of benzene rings is 1. The summed E-state index contributed by atoms with van der Waals surface area (Å²) in [5.41, 5.74) is 0.781. The molecule has 0 radical (unpaired) electrons. The summed E-state index contributed by atoms with van der Waals surface area (Å²) in [5.74, 6) is 0. The maximum absolute atomic E-state index is 10.4. The van der Waals surface area contributed by atoms with Gasteiger partial charge in [0, 0.05) is 0 Å². The molecule has 0 aliphatic rings. The standard InChI is InChI=1S/C9H5Cl3O/c10-7-3-1-6(5-8(7)11)2-4-9(12)13/h1-5H. The molecule has 0 N–H and O–H groups in total. The second kappa shape index (κ2) is 4.66. The first-order valence-electron chi connectivity index (χ1n) is 3.42. The van der Waals surface area contributed by atoms with Gasteiger partial charge in [-0.15, -0.1) is 0 Å². The average molecular weight is 235 g/mol. The van der Waals surface area contributed by atoms with Crippen LogP contribution in [0.4, 0.5) is 0 Å². The lowest BCUT2D eigenvalue weighted by Gasteiger charge is -1.96. The third-order valence-electron chi connectivity index (χ3n) is 1.35. The second-order valence-corrected chi connectivity index (χ2v) is 3.50. The molecule has 0 heterocycles. The Labute approximate surface area is 90.9 Å². The van der Waals surface area contributed by atoms with Crippen molar-refractivity contribution in [1.82, 2.24) is 0 Å². The fourth-order valence-corrected chi connectivity index (χ4v) is 1.15. The van der Waals surface area contributed by atoms with Crippen LogP contribution in [0.25, 0.3) is 6.08 Å². The van der Waals surface area contributed by atoms with Crippen LogP contribution < -0.4 is 0 Å². The predicted molar refractivity (Wildman–Crippen MR) is 56.4 cm³/mol. The van der Waals surface area contributed by atoms with E-state index in [1.165, 1.54) is 6.08 Å². The highest BCUT2D eigenvalue weighted by Gasteiger charge is 1.96. The predicted octanol–water partition coefficient (Wildman–Crippen LogP) is 3.77. The van der Waals surface area contributed by atoms with Crippen LogP contribution in [-0.4, -0.2) is 5.24 Å². The van der Waals surface area contributed by atoms with Crippen LogP contribution in [-0.2, 0) is 4.79 Å². The molecule has 1 nitrogen and oxygen atoms in total. The van der Waals surface area contributed by atoms with E-state index in [-0.39, 0.29) is 0 Å². The van der Waals surface area contributed by atoms with Gasteiger partial charge in [-0.2, -0.15) is 0 Å². The Hall–Kier alpha value is -0.500. The molecule has 0 atom stereocenters. The summed E-state index contributed by atoms with van der Waals surface area (Å²) >= 11 is 16.6. The summed E-state index contributed by atoms with van der Waals surface area (Å²) in [5, 5.41) is 0.410. The molecule has 0 aromatic heterocycles. The quantitative estimate of drug-likeness (QED) is 0.563. The van der Waals surface area contributed by atoms with Gasteiger partial charge in [-0.3, -0.25) is 4.79 Å². The first-order valence-corrected chi connectivity index (χ1v) is 4.55. The van der Waals surface area contributed by atoms with Crippen LogP contribution in [0.15, 0.2) is 24.3 Å². The summed E-state index contributed by atoms with van der Waals surface area (Å²) in [6.07, 6.45) is 2.82. The highest BCUT2D eigenvalue weighted by atomic mass is 35.5. The van der Waals surface area contributed by atoms with Gasteiger partial charge >= 0.3 is 0 Å². The van der Waals surface area contributed by atoms with Crippen LogP contribution >= 0.6 is 34.8 Å². The van der Waals surface area contributed by atoms with Crippen LogP contribution in [0.5, 0.6) is 0 Å². The molecule has 0 fully saturated rings. The van der Waals surface area contributed by atoms with Crippen molar-refractivity contribution in [1.29, 1.82) is 0 Å². The fraction of sp³-hybridized carbons (Fsp3) is 0. The fourth-order valence-electron chi connectivity index (χ4n) is 0.778. The molecule has 68 valence electrons. The Bertz CT molecular complexity index is 358. The Morgan fingerprint density at radius 2 is 1.92 bits per heavy atom. The molecule has 4 heteroatoms. The lowest BCUT2D eigenvalue weighted by Crippen LogP contribution is -1.77. The second-order valence-electron chi connectivity index (χ2n) is 2.31. The highest BCUT2D eigenvalue weighted by molar-refractivity contribution is 6.66. The van der Waals surface area contributed by atoms with E-state index >= 15 is 0 Å². The van der Waals surface area contributed by atoms with Gasteiger partial charge in [0.2, 0.25) is 5.24 Å². The smallest absolute Gasteiger partial charge is 0.245 e. The van der Waals surface area contributed by atoms with Crippen molar-refractivity contribution in [2.75, 3.05) is 0 Å². The third kappa shape index (κ3) is 3.39. The van der Waals surface area contributed by atoms with Crippen molar-refractivity contribution in [3.05, 3.63) is 39.9 Å². The molecule has 0 unspecified atom stereocenters. The lowest BCUT2D eigenvalue weighted by atomic mass is 10.2. The summed E-state index contributed by atoms with van der Waals surface area (Å²) < 4.78 is 0. The number of hydrogen-bond donors (Lipinski definition) is 0. The highest BCUT2D eigenvalue weighted by Crippen LogP contribution is 2.23. The maximum atomic E-state index is 10.4. The molecular weight excluding hydrogens is 230 g/mol. The van der Waals surface area contributed by atoms with E-state index in [1.54, 1.807) is 24.3 Å². The molecule has 0 saturated heterocycles. The van der Waals surface area contributed by atoms with Crippen molar-refractivity contribution in [2.45, 2.75) is 0 Å². The first kappa shape index (κ1) is 10.6. The Morgan fingerprint density at radius 1 is 1.23 bits per heavy atom. The molecule has 1 aromatic carbocycles. The largest absolute Gasteiger partial charge is 0.276 e. The van der Waals surface area contributed by atoms with Gasteiger partial charge in [-0.1, -0.05) is 35.3 Å². The SMILES string of the molecule is O=C(Cl)C=Cc1ccc(Cl)c(Cl)c1. The van der Waals surface area contributed by atoms with E-state index < -0.39 is 5.24 Å². The van der Waals surface area contributed by atoms with E-state index in [9.17, 15) is 4.79 Å². The molecule has 1 aromatic rings. The van der Waals surface area contributed by atoms with Crippen molar-refractivity contribution in [3.63, 3.8) is 0 Å². The van der Waals surface area contributed by atoms with Gasteiger partial charge < -0.3 is 0 Å². The van der Waals surface area contributed by atoms with Gasteiger partial charge in [-0.25, -0.2) is 0 Å². The molecule has 0 spiro atoms. The average Bonchev–Trinajstić information content (AvgIpc) is 2.07. The molecule has 13 heavy (non-hydrogen) atoms. The van der Waals surface area contributed by atoms with E-state index in [0.29, 0.717) is 10.0 Å². The zero-order valence-electron chi connectivity index (χ0n) is 6.43. The van der Waals surface area contributed by atoms with Crippen molar-refractivity contribution >= 4 is 46.1 Å². The van der Waals surface area contributed by atoms with Gasteiger partial charge in [-0.05, 0) is 35.4 Å². The van der Waals surface area contributed by atoms with Crippen LogP contribution in [0.2, 0.25) is 10.0 Å². The van der Waals surface area contributed by atoms with E-state index in [1.807, 2.05) is 0 Å². The van der Waals surface area contributed by atoms with Crippen LogP contribution in [0.1, 0.15) is 5.56 Å². The van der Waals surface area contributed by atoms with Crippen molar-refractivity contribution in [2.24, 2.45) is 0 Å². The first-order chi connectivity index (χ1) is 6.09. The summed E-state index contributed by atoms with van der Waals surface area (Å²) in [7, 11) is 0. The topological polar surface area (TPSA) is 17.1 Å². The third-order valence-corrected chi connectivity index (χ3v) is 2.22. The van der Waals surface area contributed by atoms with Crippen molar-refractivity contribution in [3.8, 4) is 0 Å². The Kier molecular flexibility index (Phi) is 3.79. The van der Waals surface area contributed by atoms with Crippen LogP contribution in [0, 0.1) is 0 Å². The minimum Gasteiger partial charge on any atom is -0.276 e. The van der Waals surface area contributed by atoms with E-state index in [4.69, 9.17) is 34.8 Å². The maximum Gasteiger partial charge on any atom is 0.245 e. The molecule has 1 rings (SSSR count). The molecule has 0 amide bonds. The number of halogens is 3. The Balaban J connectivity index is 2.92. The van der Waals surface area contributed by atoms with Gasteiger partial charge in [0.1, 0.15) is 0 Å². The zero-order chi connectivity index (χ0) is 9.84. The Morgan fingerprint density at radius 3 is 2.46 bits per heavy atom. The summed E-state index contributed by atoms with van der Waals surface area (Å²) in [4.78, 5) is 10.4. The summed E-state index contributed by atoms with van der Waals surface area (Å²) in [6, 6.07) is 5.05. The summed E-state index contributed by atoms with van der Waals surface area (Å²) in [6.45, 7) is 0. The number of rotatable bonds is 2. The lowest BCUT2D eigenvalue weighted by molar-refractivity contribution is -0.107. The minimum absolute atomic E-state index is 0.450. The normalized spacial score (nSPS) is 10.7. The van der Waals surface area contributed by atoms with Gasteiger partial charge in [0.25, 0.3) is 0 Å². The molecular formula is C9H5Cl3O. The number of carbonyl (C=O) groups is 1. The molecule has 0 bridgehead atoms. The molecule has 0 aliphatic heterocycles. The van der Waals surface area contributed by atoms with E-state index in [2.05, 4.69) is 0 Å². The molecule has 0 aliphatic carbocycles. The van der Waals surface area contributed by atoms with Crippen molar-refractivity contribution < 1.29 is 4.79 Å². The van der Waals surface area contributed by atoms with Gasteiger partial charge in [0.05, 0.1) is 10.0 Å². The van der Waals surface area contributed by atoms with E-state index in [0.717, 1.165) is 5.56 Å². The van der Waals surface area contributed by atoms with Gasteiger partial charge in [0.15, 0.2) is 0 Å². The number of hydrogen-bond acceptors (Lipinski definition) is 1. The molecule has 0 saturated carbocycles.